The normalized spacial score (nSPS) is 11.7. The van der Waals surface area contributed by atoms with E-state index < -0.39 is 11.7 Å². The van der Waals surface area contributed by atoms with Gasteiger partial charge >= 0.3 is 6.18 Å². The minimum atomic E-state index is -4.45. The molecule has 0 spiro atoms. The summed E-state index contributed by atoms with van der Waals surface area (Å²) < 4.78 is 53.9. The number of hydrogen-bond donors (Lipinski definition) is 0. The molecular formula is C24H24F4N2O. The Hall–Kier alpha value is -3.09. The summed E-state index contributed by atoms with van der Waals surface area (Å²) in [5, 5.41) is 0. The number of aromatic nitrogens is 1. The van der Waals surface area contributed by atoms with Gasteiger partial charge in [0.25, 0.3) is 5.91 Å². The van der Waals surface area contributed by atoms with Gasteiger partial charge in [-0.3, -0.25) is 4.79 Å². The molecule has 0 aliphatic rings. The van der Waals surface area contributed by atoms with Crippen molar-refractivity contribution in [3.63, 3.8) is 0 Å². The predicted octanol–water partition coefficient (Wildman–Crippen LogP) is 5.99. The smallest absolute Gasteiger partial charge is 0.345 e. The zero-order valence-electron chi connectivity index (χ0n) is 17.4. The van der Waals surface area contributed by atoms with E-state index in [4.69, 9.17) is 0 Å². The third-order valence-corrected chi connectivity index (χ3v) is 4.85. The van der Waals surface area contributed by atoms with Gasteiger partial charge in [0.05, 0.1) is 12.1 Å². The Balaban J connectivity index is 1.81. The second-order valence-electron chi connectivity index (χ2n) is 7.91. The first-order chi connectivity index (χ1) is 14.6. The van der Waals surface area contributed by atoms with E-state index >= 15 is 0 Å². The predicted molar refractivity (Wildman–Crippen MR) is 111 cm³/mol. The molecule has 0 saturated carbocycles. The van der Waals surface area contributed by atoms with Crippen LogP contribution in [-0.2, 0) is 19.3 Å². The highest BCUT2D eigenvalue weighted by Crippen LogP contribution is 2.29. The Kier molecular flexibility index (Phi) is 6.83. The number of alkyl halides is 3. The number of rotatable bonds is 7. The number of amides is 1. The van der Waals surface area contributed by atoms with Crippen LogP contribution in [0, 0.1) is 11.7 Å². The lowest BCUT2D eigenvalue weighted by Crippen LogP contribution is -2.34. The Morgan fingerprint density at radius 3 is 2.35 bits per heavy atom. The monoisotopic (exact) mass is 432 g/mol. The molecule has 3 rings (SSSR count). The van der Waals surface area contributed by atoms with Crippen LogP contribution in [0.1, 0.15) is 41.0 Å². The van der Waals surface area contributed by atoms with Gasteiger partial charge in [-0.2, -0.15) is 13.2 Å². The first-order valence-corrected chi connectivity index (χ1v) is 9.98. The molecule has 0 N–H and O–H groups in total. The van der Waals surface area contributed by atoms with Gasteiger partial charge in [-0.25, -0.2) is 4.39 Å². The van der Waals surface area contributed by atoms with Gasteiger partial charge in [-0.1, -0.05) is 26.0 Å². The minimum Gasteiger partial charge on any atom is -0.345 e. The summed E-state index contributed by atoms with van der Waals surface area (Å²) in [6, 6.07) is 14.3. The second-order valence-corrected chi connectivity index (χ2v) is 7.91. The lowest BCUT2D eigenvalue weighted by molar-refractivity contribution is -0.137. The zero-order chi connectivity index (χ0) is 22.6. The van der Waals surface area contributed by atoms with Crippen molar-refractivity contribution in [3.8, 4) is 0 Å². The molecular weight excluding hydrogens is 408 g/mol. The van der Waals surface area contributed by atoms with Crippen LogP contribution in [0.5, 0.6) is 0 Å². The molecule has 164 valence electrons. The molecule has 31 heavy (non-hydrogen) atoms. The van der Waals surface area contributed by atoms with Gasteiger partial charge in [0.2, 0.25) is 0 Å². The maximum absolute atomic E-state index is 13.5. The molecule has 7 heteroatoms. The van der Waals surface area contributed by atoms with E-state index in [1.807, 2.05) is 42.8 Å². The van der Waals surface area contributed by atoms with Crippen molar-refractivity contribution >= 4 is 5.91 Å². The largest absolute Gasteiger partial charge is 0.416 e. The van der Waals surface area contributed by atoms with Gasteiger partial charge in [0.1, 0.15) is 5.82 Å². The fourth-order valence-electron chi connectivity index (χ4n) is 3.42. The summed E-state index contributed by atoms with van der Waals surface area (Å²) in [5.41, 5.74) is 1.06. The fraction of sp³-hybridized carbons (Fsp3) is 0.292. The number of carbonyl (C=O) groups is 1. The number of carbonyl (C=O) groups excluding carboxylic acids is 1. The molecule has 0 unspecified atom stereocenters. The van der Waals surface area contributed by atoms with Gasteiger partial charge in [-0.15, -0.1) is 0 Å². The molecule has 2 aromatic carbocycles. The summed E-state index contributed by atoms with van der Waals surface area (Å²) in [4.78, 5) is 14.7. The van der Waals surface area contributed by atoms with Crippen LogP contribution >= 0.6 is 0 Å². The van der Waals surface area contributed by atoms with Crippen molar-refractivity contribution in [2.24, 2.45) is 5.92 Å². The fourth-order valence-corrected chi connectivity index (χ4v) is 3.42. The highest BCUT2D eigenvalue weighted by Gasteiger charge is 2.30. The van der Waals surface area contributed by atoms with Crippen LogP contribution in [-0.4, -0.2) is 21.9 Å². The topological polar surface area (TPSA) is 25.2 Å². The summed E-state index contributed by atoms with van der Waals surface area (Å²) in [6.45, 7) is 5.13. The maximum Gasteiger partial charge on any atom is 0.416 e. The van der Waals surface area contributed by atoms with Crippen molar-refractivity contribution in [2.45, 2.75) is 33.1 Å². The van der Waals surface area contributed by atoms with Crippen LogP contribution in [0.25, 0.3) is 0 Å². The Morgan fingerprint density at radius 2 is 1.74 bits per heavy atom. The van der Waals surface area contributed by atoms with E-state index in [0.29, 0.717) is 19.6 Å². The third kappa shape index (κ3) is 5.96. The molecule has 0 bridgehead atoms. The van der Waals surface area contributed by atoms with Gasteiger partial charge in [-0.05, 0) is 60.0 Å². The van der Waals surface area contributed by atoms with Crippen molar-refractivity contribution in [1.29, 1.82) is 0 Å². The van der Waals surface area contributed by atoms with Crippen molar-refractivity contribution in [1.82, 2.24) is 9.47 Å². The van der Waals surface area contributed by atoms with E-state index in [1.54, 1.807) is 11.0 Å². The SMILES string of the molecule is CC(C)CN(Cc1cccn1Cc1cccc(F)c1)C(=O)c1ccc(C(F)(F)F)cc1. The minimum absolute atomic E-state index is 0.171. The van der Waals surface area contributed by atoms with Crippen LogP contribution < -0.4 is 0 Å². The average Bonchev–Trinajstić information content (AvgIpc) is 3.12. The lowest BCUT2D eigenvalue weighted by atomic mass is 10.1. The van der Waals surface area contributed by atoms with Crippen molar-refractivity contribution in [2.75, 3.05) is 6.54 Å². The van der Waals surface area contributed by atoms with E-state index in [0.717, 1.165) is 23.4 Å². The second kappa shape index (κ2) is 9.37. The molecule has 1 heterocycles. The number of halogens is 4. The van der Waals surface area contributed by atoms with Gasteiger partial charge < -0.3 is 9.47 Å². The Bertz CT molecular complexity index is 1020. The molecule has 0 aliphatic carbocycles. The maximum atomic E-state index is 13.5. The first-order valence-electron chi connectivity index (χ1n) is 9.98. The molecule has 3 nitrogen and oxygen atoms in total. The van der Waals surface area contributed by atoms with E-state index in [9.17, 15) is 22.4 Å². The average molecular weight is 432 g/mol. The third-order valence-electron chi connectivity index (χ3n) is 4.85. The lowest BCUT2D eigenvalue weighted by Gasteiger charge is -2.26. The summed E-state index contributed by atoms with van der Waals surface area (Å²) in [7, 11) is 0. The summed E-state index contributed by atoms with van der Waals surface area (Å²) in [6.07, 6.45) is -2.59. The van der Waals surface area contributed by atoms with Crippen molar-refractivity contribution < 1.29 is 22.4 Å². The van der Waals surface area contributed by atoms with Crippen LogP contribution in [0.4, 0.5) is 17.6 Å². The van der Waals surface area contributed by atoms with Crippen LogP contribution in [0.3, 0.4) is 0 Å². The molecule has 3 aromatic rings. The highest BCUT2D eigenvalue weighted by molar-refractivity contribution is 5.94. The number of nitrogens with zero attached hydrogens (tertiary/aromatic N) is 2. The zero-order valence-corrected chi connectivity index (χ0v) is 17.4. The van der Waals surface area contributed by atoms with Gasteiger partial charge in [0.15, 0.2) is 0 Å². The van der Waals surface area contributed by atoms with Crippen LogP contribution in [0.15, 0.2) is 66.9 Å². The van der Waals surface area contributed by atoms with E-state index in [1.165, 1.54) is 24.3 Å². The number of benzene rings is 2. The van der Waals surface area contributed by atoms with Crippen LogP contribution in [0.2, 0.25) is 0 Å². The standard InChI is InChI=1S/C24H24F4N2O/c1-17(2)14-30(23(31)19-8-10-20(11-9-19)24(26,27)28)16-22-7-4-12-29(22)15-18-5-3-6-21(25)13-18/h3-13,17H,14-16H2,1-2H3. The molecule has 0 fully saturated rings. The number of hydrogen-bond acceptors (Lipinski definition) is 1. The molecule has 0 atom stereocenters. The molecule has 0 saturated heterocycles. The van der Waals surface area contributed by atoms with E-state index in [2.05, 4.69) is 0 Å². The molecule has 1 aromatic heterocycles. The Labute approximate surface area is 178 Å². The molecule has 0 aliphatic heterocycles. The summed E-state index contributed by atoms with van der Waals surface area (Å²) in [5.74, 6) is -0.476. The van der Waals surface area contributed by atoms with E-state index in [-0.39, 0.29) is 23.2 Å². The molecule has 0 radical (unpaired) electrons. The van der Waals surface area contributed by atoms with Crippen molar-refractivity contribution in [3.05, 3.63) is 95.1 Å². The molecule has 1 amide bonds. The first kappa shape index (κ1) is 22.6. The quantitative estimate of drug-likeness (QED) is 0.421. The Morgan fingerprint density at radius 1 is 1.03 bits per heavy atom. The van der Waals surface area contributed by atoms with Gasteiger partial charge in [0, 0.05) is 30.5 Å². The highest BCUT2D eigenvalue weighted by atomic mass is 19.4. The summed E-state index contributed by atoms with van der Waals surface area (Å²) >= 11 is 0.